The predicted molar refractivity (Wildman–Crippen MR) is 53.6 cm³/mol. The van der Waals surface area contributed by atoms with E-state index in [0.717, 1.165) is 0 Å². The number of piperidine rings is 1. The Morgan fingerprint density at radius 1 is 1.36 bits per heavy atom. The summed E-state index contributed by atoms with van der Waals surface area (Å²) in [5.74, 6) is 0.375. The molecule has 2 N–H and O–H groups in total. The number of rotatable bonds is 2. The van der Waals surface area contributed by atoms with Gasteiger partial charge in [0.15, 0.2) is 0 Å². The van der Waals surface area contributed by atoms with Gasteiger partial charge in [-0.25, -0.2) is 0 Å². The zero-order chi connectivity index (χ0) is 10.7. The van der Waals surface area contributed by atoms with Crippen LogP contribution in [0.5, 0.6) is 0 Å². The lowest BCUT2D eigenvalue weighted by Crippen LogP contribution is -2.49. The van der Waals surface area contributed by atoms with Crippen LogP contribution in [0, 0.1) is 5.92 Å². The summed E-state index contributed by atoms with van der Waals surface area (Å²) < 4.78 is 0. The Bertz CT molecular complexity index is 228. The molecule has 0 spiro atoms. The van der Waals surface area contributed by atoms with Gasteiger partial charge < -0.3 is 10.6 Å². The fraction of sp³-hybridized carbons (Fsp3) is 0.800. The second-order valence-corrected chi connectivity index (χ2v) is 4.13. The van der Waals surface area contributed by atoms with Crippen molar-refractivity contribution in [2.45, 2.75) is 32.7 Å². The Labute approximate surface area is 84.4 Å². The number of nitrogens with zero attached hydrogens (tertiary/aromatic N) is 1. The van der Waals surface area contributed by atoms with E-state index in [9.17, 15) is 9.59 Å². The molecule has 0 saturated carbocycles. The van der Waals surface area contributed by atoms with Gasteiger partial charge >= 0.3 is 0 Å². The Morgan fingerprint density at radius 2 is 1.86 bits per heavy atom. The molecule has 0 aromatic carbocycles. The summed E-state index contributed by atoms with van der Waals surface area (Å²) in [5, 5.41) is 0. The molecule has 0 aliphatic carbocycles. The first-order valence-corrected chi connectivity index (χ1v) is 5.08. The van der Waals surface area contributed by atoms with Crippen LogP contribution in [0.15, 0.2) is 0 Å². The van der Waals surface area contributed by atoms with E-state index in [2.05, 4.69) is 0 Å². The largest absolute Gasteiger partial charge is 0.340 e. The van der Waals surface area contributed by atoms with Crippen molar-refractivity contribution in [1.29, 1.82) is 0 Å². The minimum absolute atomic E-state index is 0.0208. The Hall–Kier alpha value is -0.900. The fourth-order valence-electron chi connectivity index (χ4n) is 1.47. The average Bonchev–Trinajstić information content (AvgIpc) is 2.16. The lowest BCUT2D eigenvalue weighted by molar-refractivity contribution is -0.136. The maximum absolute atomic E-state index is 11.7. The van der Waals surface area contributed by atoms with Crippen LogP contribution < -0.4 is 5.73 Å². The average molecular weight is 198 g/mol. The molecule has 1 atom stereocenters. The Balaban J connectivity index is 2.49. The third kappa shape index (κ3) is 2.54. The highest BCUT2D eigenvalue weighted by atomic mass is 16.2. The van der Waals surface area contributed by atoms with E-state index in [4.69, 9.17) is 5.73 Å². The number of amides is 1. The number of carbonyl (C=O) groups is 2. The molecule has 14 heavy (non-hydrogen) atoms. The van der Waals surface area contributed by atoms with E-state index >= 15 is 0 Å². The zero-order valence-electron chi connectivity index (χ0n) is 8.82. The molecule has 4 nitrogen and oxygen atoms in total. The van der Waals surface area contributed by atoms with Crippen molar-refractivity contribution in [3.05, 3.63) is 0 Å². The van der Waals surface area contributed by atoms with Gasteiger partial charge in [0.2, 0.25) is 5.91 Å². The Kier molecular flexibility index (Phi) is 3.63. The normalized spacial score (nSPS) is 20.0. The minimum atomic E-state index is -0.428. The van der Waals surface area contributed by atoms with Gasteiger partial charge in [-0.05, 0) is 5.92 Å². The molecule has 1 heterocycles. The van der Waals surface area contributed by atoms with Gasteiger partial charge in [-0.1, -0.05) is 13.8 Å². The fourth-order valence-corrected chi connectivity index (χ4v) is 1.47. The van der Waals surface area contributed by atoms with Crippen LogP contribution in [0.25, 0.3) is 0 Å². The van der Waals surface area contributed by atoms with Crippen molar-refractivity contribution < 1.29 is 9.59 Å². The topological polar surface area (TPSA) is 63.4 Å². The molecular formula is C10H18N2O2. The lowest BCUT2D eigenvalue weighted by atomic mass is 10.0. The van der Waals surface area contributed by atoms with Crippen LogP contribution in [-0.2, 0) is 9.59 Å². The second-order valence-electron chi connectivity index (χ2n) is 4.13. The minimum Gasteiger partial charge on any atom is -0.340 e. The van der Waals surface area contributed by atoms with Gasteiger partial charge in [-0.2, -0.15) is 0 Å². The molecular weight excluding hydrogens is 180 g/mol. The molecule has 80 valence electrons. The molecule has 1 fully saturated rings. The number of Topliss-reactive ketones (excluding diaryl/α,β-unsaturated/α-hetero) is 1. The molecule has 0 unspecified atom stereocenters. The van der Waals surface area contributed by atoms with Crippen molar-refractivity contribution in [2.75, 3.05) is 13.1 Å². The first-order chi connectivity index (χ1) is 6.52. The highest BCUT2D eigenvalue weighted by Crippen LogP contribution is 2.09. The number of nitrogens with two attached hydrogens (primary N) is 1. The maximum atomic E-state index is 11.7. The second kappa shape index (κ2) is 4.55. The van der Waals surface area contributed by atoms with Crippen LogP contribution >= 0.6 is 0 Å². The smallest absolute Gasteiger partial charge is 0.239 e. The SMILES string of the molecule is CC(C)[C@@H](N)C(=O)N1CCC(=O)CC1. The molecule has 1 saturated heterocycles. The number of hydrogen-bond donors (Lipinski definition) is 1. The van der Waals surface area contributed by atoms with Gasteiger partial charge in [0.25, 0.3) is 0 Å². The number of likely N-dealkylation sites (tertiary alicyclic amines) is 1. The number of carbonyl (C=O) groups excluding carboxylic acids is 2. The van der Waals surface area contributed by atoms with Crippen LogP contribution in [0.1, 0.15) is 26.7 Å². The summed E-state index contributed by atoms with van der Waals surface area (Å²) in [6, 6.07) is -0.428. The highest BCUT2D eigenvalue weighted by molar-refractivity contribution is 5.85. The van der Waals surface area contributed by atoms with Crippen LogP contribution in [0.4, 0.5) is 0 Å². The van der Waals surface area contributed by atoms with Crippen LogP contribution in [0.3, 0.4) is 0 Å². The molecule has 1 rings (SSSR count). The third-order valence-corrected chi connectivity index (χ3v) is 2.64. The summed E-state index contributed by atoms with van der Waals surface area (Å²) in [4.78, 5) is 24.4. The molecule has 1 amide bonds. The molecule has 0 aromatic heterocycles. The van der Waals surface area contributed by atoms with Crippen LogP contribution in [-0.4, -0.2) is 35.7 Å². The summed E-state index contributed by atoms with van der Waals surface area (Å²) in [5.41, 5.74) is 5.75. The molecule has 0 aromatic rings. The van der Waals surface area contributed by atoms with E-state index in [0.29, 0.717) is 25.9 Å². The molecule has 1 aliphatic heterocycles. The highest BCUT2D eigenvalue weighted by Gasteiger charge is 2.26. The summed E-state index contributed by atoms with van der Waals surface area (Å²) in [6.07, 6.45) is 0.965. The molecule has 1 aliphatic rings. The van der Waals surface area contributed by atoms with Crippen molar-refractivity contribution in [3.8, 4) is 0 Å². The summed E-state index contributed by atoms with van der Waals surface area (Å²) in [6.45, 7) is 4.94. The number of ketones is 1. The van der Waals surface area contributed by atoms with Crippen molar-refractivity contribution in [2.24, 2.45) is 11.7 Å². The Morgan fingerprint density at radius 3 is 2.29 bits per heavy atom. The first-order valence-electron chi connectivity index (χ1n) is 5.08. The van der Waals surface area contributed by atoms with E-state index in [1.54, 1.807) is 4.90 Å². The lowest BCUT2D eigenvalue weighted by Gasteiger charge is -2.29. The molecule has 4 heteroatoms. The number of hydrogen-bond acceptors (Lipinski definition) is 3. The molecule has 0 radical (unpaired) electrons. The van der Waals surface area contributed by atoms with Crippen molar-refractivity contribution in [1.82, 2.24) is 4.90 Å². The molecule has 0 bridgehead atoms. The van der Waals surface area contributed by atoms with Crippen LogP contribution in [0.2, 0.25) is 0 Å². The monoisotopic (exact) mass is 198 g/mol. The van der Waals surface area contributed by atoms with E-state index in [1.807, 2.05) is 13.8 Å². The predicted octanol–water partition coefficient (Wildman–Crippen LogP) is 0.161. The summed E-state index contributed by atoms with van der Waals surface area (Å²) >= 11 is 0. The van der Waals surface area contributed by atoms with E-state index < -0.39 is 6.04 Å². The maximum Gasteiger partial charge on any atom is 0.239 e. The van der Waals surface area contributed by atoms with Gasteiger partial charge in [-0.15, -0.1) is 0 Å². The third-order valence-electron chi connectivity index (χ3n) is 2.64. The van der Waals surface area contributed by atoms with Gasteiger partial charge in [0.1, 0.15) is 5.78 Å². The standard InChI is InChI=1S/C10H18N2O2/c1-7(2)9(11)10(14)12-5-3-8(13)4-6-12/h7,9H,3-6,11H2,1-2H3/t9-/m1/s1. The van der Waals surface area contributed by atoms with Crippen molar-refractivity contribution >= 4 is 11.7 Å². The zero-order valence-corrected chi connectivity index (χ0v) is 8.82. The summed E-state index contributed by atoms with van der Waals surface area (Å²) in [7, 11) is 0. The van der Waals surface area contributed by atoms with Gasteiger partial charge in [0.05, 0.1) is 6.04 Å². The van der Waals surface area contributed by atoms with Gasteiger partial charge in [0, 0.05) is 25.9 Å². The quantitative estimate of drug-likeness (QED) is 0.687. The van der Waals surface area contributed by atoms with E-state index in [-0.39, 0.29) is 17.6 Å². The first kappa shape index (κ1) is 11.2. The van der Waals surface area contributed by atoms with Crippen molar-refractivity contribution in [3.63, 3.8) is 0 Å². The van der Waals surface area contributed by atoms with E-state index in [1.165, 1.54) is 0 Å². The van der Waals surface area contributed by atoms with Gasteiger partial charge in [-0.3, -0.25) is 9.59 Å².